The molecule has 0 radical (unpaired) electrons. The molecule has 0 aliphatic heterocycles. The molecule has 0 saturated heterocycles. The normalized spacial score (nSPS) is 7.86. The third-order valence-electron chi connectivity index (χ3n) is 0.360. The summed E-state index contributed by atoms with van der Waals surface area (Å²) < 4.78 is 0.0525. The van der Waals surface area contributed by atoms with Crippen LogP contribution in [0.1, 0.15) is 0 Å². The summed E-state index contributed by atoms with van der Waals surface area (Å²) in [4.78, 5) is 0. The molecule has 0 unspecified atom stereocenters. The van der Waals surface area contributed by atoms with Gasteiger partial charge >= 0.3 is 0 Å². The van der Waals surface area contributed by atoms with Crippen LogP contribution < -0.4 is 0 Å². The highest BCUT2D eigenvalue weighted by molar-refractivity contribution is 6.59. The molecule has 0 spiro atoms. The van der Waals surface area contributed by atoms with E-state index in [1.54, 1.807) is 0 Å². The highest BCUT2D eigenvalue weighted by Gasteiger charge is 1.88. The van der Waals surface area contributed by atoms with Crippen LogP contribution >= 0.6 is 34.8 Å². The molecule has 7 heavy (non-hydrogen) atoms. The van der Waals surface area contributed by atoms with Crippen molar-refractivity contribution in [2.75, 3.05) is 0 Å². The molecule has 0 fully saturated rings. The van der Waals surface area contributed by atoms with Crippen LogP contribution in [0.2, 0.25) is 0 Å². The average Bonchev–Trinajstić information content (AvgIpc) is 1.65. The minimum Gasteiger partial charge on any atom is -0.0975 e. The second-order valence-corrected chi connectivity index (χ2v) is 2.17. The van der Waals surface area contributed by atoms with Gasteiger partial charge in [0.2, 0.25) is 0 Å². The smallest absolute Gasteiger partial charge is 0.0975 e. The summed E-state index contributed by atoms with van der Waals surface area (Å²) in [6.07, 6.45) is 1.37. The van der Waals surface area contributed by atoms with Crippen molar-refractivity contribution in [3.05, 3.63) is 22.2 Å². The fraction of sp³-hybridized carbons (Fsp3) is 0. The second kappa shape index (κ2) is 3.36. The van der Waals surface area contributed by atoms with Gasteiger partial charge in [0, 0.05) is 0 Å². The topological polar surface area (TPSA) is 0 Å². The van der Waals surface area contributed by atoms with Crippen molar-refractivity contribution in [1.82, 2.24) is 0 Å². The Morgan fingerprint density at radius 2 is 1.71 bits per heavy atom. The Balaban J connectivity index is 3.98. The van der Waals surface area contributed by atoms with Gasteiger partial charge in [0.15, 0.2) is 0 Å². The summed E-state index contributed by atoms with van der Waals surface area (Å²) >= 11 is 15.6. The van der Waals surface area contributed by atoms with E-state index in [0.717, 1.165) is 0 Å². The van der Waals surface area contributed by atoms with Gasteiger partial charge in [-0.2, -0.15) is 0 Å². The maximum absolute atomic E-state index is 5.30. The Bertz CT molecular complexity index is 99.5. The van der Waals surface area contributed by atoms with Gasteiger partial charge in [-0.15, -0.1) is 0 Å². The van der Waals surface area contributed by atoms with Crippen LogP contribution in [0.3, 0.4) is 0 Å². The summed E-state index contributed by atoms with van der Waals surface area (Å²) in [5.41, 5.74) is 0. The molecule has 0 rings (SSSR count). The molecule has 40 valence electrons. The molecular weight excluding hydrogens is 154 g/mol. The van der Waals surface area contributed by atoms with Crippen LogP contribution in [0.25, 0.3) is 0 Å². The molecule has 0 amide bonds. The summed E-state index contributed by atoms with van der Waals surface area (Å²) in [7, 11) is 0. The Kier molecular flexibility index (Phi) is 3.53. The van der Waals surface area contributed by atoms with Crippen molar-refractivity contribution in [2.45, 2.75) is 0 Å². The molecule has 3 heteroatoms. The fourth-order valence-electron chi connectivity index (χ4n) is 0.0772. The van der Waals surface area contributed by atoms with Crippen LogP contribution in [0.15, 0.2) is 22.2 Å². The molecule has 0 aliphatic carbocycles. The predicted octanol–water partition coefficient (Wildman–Crippen LogP) is 3.06. The summed E-state index contributed by atoms with van der Waals surface area (Å²) in [5.74, 6) is 0. The van der Waals surface area contributed by atoms with Gasteiger partial charge in [0.25, 0.3) is 0 Å². The third kappa shape index (κ3) is 2.98. The van der Waals surface area contributed by atoms with Gasteiger partial charge in [-0.3, -0.25) is 0 Å². The monoisotopic (exact) mass is 156 g/mol. The zero-order valence-corrected chi connectivity index (χ0v) is 5.69. The third-order valence-corrected chi connectivity index (χ3v) is 1.30. The van der Waals surface area contributed by atoms with E-state index in [0.29, 0.717) is 0 Å². The minimum absolute atomic E-state index is 0.0525. The molecule has 0 N–H and O–H groups in total. The zero-order chi connectivity index (χ0) is 5.86. The zero-order valence-electron chi connectivity index (χ0n) is 3.42. The molecule has 0 nitrogen and oxygen atoms in total. The first-order chi connectivity index (χ1) is 3.18. The van der Waals surface area contributed by atoms with E-state index in [2.05, 4.69) is 6.58 Å². The number of hydrogen-bond acceptors (Lipinski definition) is 0. The van der Waals surface area contributed by atoms with E-state index in [1.165, 1.54) is 6.08 Å². The number of rotatable bonds is 1. The van der Waals surface area contributed by atoms with Crippen LogP contribution in [-0.2, 0) is 0 Å². The van der Waals surface area contributed by atoms with Crippen molar-refractivity contribution in [3.8, 4) is 0 Å². The van der Waals surface area contributed by atoms with E-state index in [4.69, 9.17) is 34.8 Å². The van der Waals surface area contributed by atoms with Crippen molar-refractivity contribution in [2.24, 2.45) is 0 Å². The largest absolute Gasteiger partial charge is 0.125 e. The SMILES string of the molecule is C=CC(Cl)=C(Cl)Cl. The maximum atomic E-state index is 5.30. The highest BCUT2D eigenvalue weighted by atomic mass is 35.5. The van der Waals surface area contributed by atoms with Crippen molar-refractivity contribution in [3.63, 3.8) is 0 Å². The van der Waals surface area contributed by atoms with Crippen molar-refractivity contribution < 1.29 is 0 Å². The first-order valence-electron chi connectivity index (χ1n) is 1.51. The molecule has 0 aromatic rings. The standard InChI is InChI=1S/C4H3Cl3/c1-2-3(5)4(6)7/h2H,1H2. The number of halogens is 3. The highest BCUT2D eigenvalue weighted by Crippen LogP contribution is 2.17. The summed E-state index contributed by atoms with van der Waals surface area (Å²) in [6.45, 7) is 3.32. The van der Waals surface area contributed by atoms with Gasteiger partial charge in [0.05, 0.1) is 5.03 Å². The van der Waals surface area contributed by atoms with Crippen molar-refractivity contribution >= 4 is 34.8 Å². The lowest BCUT2D eigenvalue weighted by molar-refractivity contribution is 1.96. The predicted molar refractivity (Wildman–Crippen MR) is 34.8 cm³/mol. The maximum Gasteiger partial charge on any atom is 0.125 e. The van der Waals surface area contributed by atoms with Gasteiger partial charge in [-0.25, -0.2) is 0 Å². The van der Waals surface area contributed by atoms with Crippen LogP contribution in [0.4, 0.5) is 0 Å². The Morgan fingerprint density at radius 3 is 1.71 bits per heavy atom. The molecule has 0 bridgehead atoms. The molecular formula is C4H3Cl3. The lowest BCUT2D eigenvalue weighted by atomic mass is 10.6. The second-order valence-electron chi connectivity index (χ2n) is 0.812. The first-order valence-corrected chi connectivity index (χ1v) is 2.65. The molecule has 0 aromatic heterocycles. The van der Waals surface area contributed by atoms with Crippen LogP contribution in [0.5, 0.6) is 0 Å². The quantitative estimate of drug-likeness (QED) is 0.513. The van der Waals surface area contributed by atoms with E-state index in [1.807, 2.05) is 0 Å². The van der Waals surface area contributed by atoms with Crippen LogP contribution in [-0.4, -0.2) is 0 Å². The van der Waals surface area contributed by atoms with Crippen molar-refractivity contribution in [1.29, 1.82) is 0 Å². The first kappa shape index (κ1) is 7.35. The average molecular weight is 157 g/mol. The lowest BCUT2D eigenvalue weighted by Gasteiger charge is -1.81. The summed E-state index contributed by atoms with van der Waals surface area (Å²) in [6, 6.07) is 0. The molecule has 0 saturated carbocycles. The summed E-state index contributed by atoms with van der Waals surface area (Å²) in [5, 5.41) is 0.281. The molecule has 0 aromatic carbocycles. The molecule has 0 atom stereocenters. The Morgan fingerprint density at radius 1 is 1.29 bits per heavy atom. The van der Waals surface area contributed by atoms with Crippen LogP contribution in [0, 0.1) is 0 Å². The fourth-order valence-corrected chi connectivity index (χ4v) is 0.231. The minimum atomic E-state index is 0.0525. The lowest BCUT2D eigenvalue weighted by Crippen LogP contribution is -1.57. The van der Waals surface area contributed by atoms with Gasteiger partial charge in [-0.05, 0) is 6.08 Å². The van der Waals surface area contributed by atoms with Gasteiger partial charge in [-0.1, -0.05) is 41.4 Å². The number of hydrogen-bond donors (Lipinski definition) is 0. The number of allylic oxidation sites excluding steroid dienone is 2. The van der Waals surface area contributed by atoms with Gasteiger partial charge in [0.1, 0.15) is 4.49 Å². The van der Waals surface area contributed by atoms with E-state index in [-0.39, 0.29) is 9.52 Å². The molecule has 0 heterocycles. The van der Waals surface area contributed by atoms with E-state index in [9.17, 15) is 0 Å². The molecule has 0 aliphatic rings. The Labute approximate surface area is 57.4 Å². The van der Waals surface area contributed by atoms with E-state index >= 15 is 0 Å². The van der Waals surface area contributed by atoms with E-state index < -0.39 is 0 Å². The van der Waals surface area contributed by atoms with Gasteiger partial charge < -0.3 is 0 Å². The Hall–Kier alpha value is 0.350.